The third kappa shape index (κ3) is 2.63. The Balaban J connectivity index is 2.25. The van der Waals surface area contributed by atoms with Crippen molar-refractivity contribution < 1.29 is 0 Å². The summed E-state index contributed by atoms with van der Waals surface area (Å²) in [7, 11) is 2.16. The van der Waals surface area contributed by atoms with Crippen molar-refractivity contribution in [2.45, 2.75) is 25.9 Å². The number of benzene rings is 1. The van der Waals surface area contributed by atoms with Crippen molar-refractivity contribution in [3.63, 3.8) is 0 Å². The quantitative estimate of drug-likeness (QED) is 0.891. The SMILES string of the molecule is Cc1ccc(Cl)cc1N1CC(C)N(C)C(CN)C1. The second-order valence-electron chi connectivity index (χ2n) is 5.24. The molecule has 0 amide bonds. The van der Waals surface area contributed by atoms with Crippen LogP contribution in [-0.2, 0) is 0 Å². The Bertz CT molecular complexity index is 422. The van der Waals surface area contributed by atoms with Gasteiger partial charge < -0.3 is 10.6 Å². The molecule has 1 heterocycles. The van der Waals surface area contributed by atoms with Gasteiger partial charge in [0.05, 0.1) is 0 Å². The lowest BCUT2D eigenvalue weighted by Crippen LogP contribution is -2.58. The zero-order chi connectivity index (χ0) is 13.3. The topological polar surface area (TPSA) is 32.5 Å². The number of rotatable bonds is 2. The highest BCUT2D eigenvalue weighted by Crippen LogP contribution is 2.27. The summed E-state index contributed by atoms with van der Waals surface area (Å²) in [5.74, 6) is 0. The maximum Gasteiger partial charge on any atom is 0.0426 e. The second kappa shape index (κ2) is 5.47. The highest BCUT2D eigenvalue weighted by Gasteiger charge is 2.29. The standard InChI is InChI=1S/C14H22ClN3/c1-10-4-5-12(15)6-14(10)18-8-11(2)17(3)13(7-16)9-18/h4-6,11,13H,7-9,16H2,1-3H3. The molecule has 2 N–H and O–H groups in total. The van der Waals surface area contributed by atoms with E-state index in [2.05, 4.69) is 42.8 Å². The summed E-state index contributed by atoms with van der Waals surface area (Å²) in [6, 6.07) is 7.00. The maximum absolute atomic E-state index is 6.11. The van der Waals surface area contributed by atoms with E-state index in [1.165, 1.54) is 11.3 Å². The molecular weight excluding hydrogens is 246 g/mol. The molecule has 1 saturated heterocycles. The summed E-state index contributed by atoms with van der Waals surface area (Å²) in [5, 5.41) is 0.798. The highest BCUT2D eigenvalue weighted by atomic mass is 35.5. The summed E-state index contributed by atoms with van der Waals surface area (Å²) in [6.07, 6.45) is 0. The molecule has 1 aromatic carbocycles. The molecule has 2 unspecified atom stereocenters. The van der Waals surface area contributed by atoms with E-state index >= 15 is 0 Å². The van der Waals surface area contributed by atoms with Crippen molar-refractivity contribution in [3.8, 4) is 0 Å². The zero-order valence-electron chi connectivity index (χ0n) is 11.4. The smallest absolute Gasteiger partial charge is 0.0426 e. The van der Waals surface area contributed by atoms with E-state index in [-0.39, 0.29) is 0 Å². The predicted octanol–water partition coefficient (Wildman–Crippen LogP) is 2.12. The number of likely N-dealkylation sites (N-methyl/N-ethyl adjacent to an activating group) is 1. The van der Waals surface area contributed by atoms with Gasteiger partial charge >= 0.3 is 0 Å². The van der Waals surface area contributed by atoms with Crippen LogP contribution >= 0.6 is 11.6 Å². The van der Waals surface area contributed by atoms with Gasteiger partial charge in [-0.25, -0.2) is 0 Å². The Morgan fingerprint density at radius 1 is 1.39 bits per heavy atom. The van der Waals surface area contributed by atoms with Gasteiger partial charge in [-0.2, -0.15) is 0 Å². The van der Waals surface area contributed by atoms with Crippen molar-refractivity contribution >= 4 is 17.3 Å². The normalized spacial score (nSPS) is 25.5. The van der Waals surface area contributed by atoms with Crippen LogP contribution < -0.4 is 10.6 Å². The largest absolute Gasteiger partial charge is 0.368 e. The monoisotopic (exact) mass is 267 g/mol. The molecule has 1 aliphatic heterocycles. The minimum Gasteiger partial charge on any atom is -0.368 e. The molecule has 1 fully saturated rings. The van der Waals surface area contributed by atoms with Crippen LogP contribution in [0.2, 0.25) is 5.02 Å². The van der Waals surface area contributed by atoms with Gasteiger partial charge in [0, 0.05) is 42.4 Å². The Kier molecular flexibility index (Phi) is 4.15. The van der Waals surface area contributed by atoms with E-state index in [1.807, 2.05) is 6.07 Å². The fraction of sp³-hybridized carbons (Fsp3) is 0.571. The average molecular weight is 268 g/mol. The van der Waals surface area contributed by atoms with Crippen molar-refractivity contribution in [1.29, 1.82) is 0 Å². The maximum atomic E-state index is 6.11. The molecule has 0 aliphatic carbocycles. The molecule has 0 aromatic heterocycles. The molecule has 4 heteroatoms. The minimum atomic E-state index is 0.409. The molecule has 0 radical (unpaired) electrons. The predicted molar refractivity (Wildman–Crippen MR) is 78.5 cm³/mol. The number of hydrogen-bond acceptors (Lipinski definition) is 3. The third-order valence-electron chi connectivity index (χ3n) is 3.97. The van der Waals surface area contributed by atoms with Gasteiger partial charge in [-0.05, 0) is 38.6 Å². The van der Waals surface area contributed by atoms with E-state index in [4.69, 9.17) is 17.3 Å². The van der Waals surface area contributed by atoms with Crippen LogP contribution in [0.15, 0.2) is 18.2 Å². The Labute approximate surface area is 115 Å². The number of aryl methyl sites for hydroxylation is 1. The third-order valence-corrected chi connectivity index (χ3v) is 4.21. The lowest BCUT2D eigenvalue weighted by Gasteiger charge is -2.45. The Morgan fingerprint density at radius 3 is 2.78 bits per heavy atom. The first kappa shape index (κ1) is 13.7. The first-order valence-electron chi connectivity index (χ1n) is 6.46. The number of halogens is 1. The first-order chi connectivity index (χ1) is 8.52. The number of piperazine rings is 1. The number of anilines is 1. The fourth-order valence-corrected chi connectivity index (χ4v) is 2.79. The molecule has 100 valence electrons. The van der Waals surface area contributed by atoms with E-state index in [0.29, 0.717) is 18.6 Å². The number of nitrogens with zero attached hydrogens (tertiary/aromatic N) is 2. The van der Waals surface area contributed by atoms with E-state index in [1.54, 1.807) is 0 Å². The molecule has 18 heavy (non-hydrogen) atoms. The van der Waals surface area contributed by atoms with Crippen LogP contribution in [0.4, 0.5) is 5.69 Å². The average Bonchev–Trinajstić information content (AvgIpc) is 2.35. The fourth-order valence-electron chi connectivity index (χ4n) is 2.63. The molecule has 1 aromatic rings. The molecular formula is C14H22ClN3. The van der Waals surface area contributed by atoms with E-state index in [9.17, 15) is 0 Å². The summed E-state index contributed by atoms with van der Waals surface area (Å²) < 4.78 is 0. The Hall–Kier alpha value is -0.770. The molecule has 2 rings (SSSR count). The Morgan fingerprint density at radius 2 is 2.11 bits per heavy atom. The number of nitrogens with two attached hydrogens (primary N) is 1. The molecule has 0 saturated carbocycles. The van der Waals surface area contributed by atoms with Crippen LogP contribution in [0.3, 0.4) is 0 Å². The summed E-state index contributed by atoms with van der Waals surface area (Å²) in [5.41, 5.74) is 8.38. The van der Waals surface area contributed by atoms with Crippen LogP contribution in [0, 0.1) is 6.92 Å². The first-order valence-corrected chi connectivity index (χ1v) is 6.83. The summed E-state index contributed by atoms with van der Waals surface area (Å²) in [4.78, 5) is 4.78. The van der Waals surface area contributed by atoms with Gasteiger partial charge in [-0.1, -0.05) is 17.7 Å². The lowest BCUT2D eigenvalue weighted by atomic mass is 10.1. The number of hydrogen-bond donors (Lipinski definition) is 1. The van der Waals surface area contributed by atoms with E-state index < -0.39 is 0 Å². The second-order valence-corrected chi connectivity index (χ2v) is 5.68. The van der Waals surface area contributed by atoms with Gasteiger partial charge in [-0.3, -0.25) is 4.90 Å². The molecule has 1 aliphatic rings. The summed E-state index contributed by atoms with van der Waals surface area (Å²) in [6.45, 7) is 7.06. The highest BCUT2D eigenvalue weighted by molar-refractivity contribution is 6.30. The van der Waals surface area contributed by atoms with Crippen molar-refractivity contribution in [3.05, 3.63) is 28.8 Å². The van der Waals surface area contributed by atoms with Gasteiger partial charge in [-0.15, -0.1) is 0 Å². The van der Waals surface area contributed by atoms with Crippen LogP contribution in [0.1, 0.15) is 12.5 Å². The van der Waals surface area contributed by atoms with E-state index in [0.717, 1.165) is 18.1 Å². The zero-order valence-corrected chi connectivity index (χ0v) is 12.1. The molecule has 0 bridgehead atoms. The molecule has 2 atom stereocenters. The van der Waals surface area contributed by atoms with Gasteiger partial charge in [0.1, 0.15) is 0 Å². The molecule has 0 spiro atoms. The molecule has 3 nitrogen and oxygen atoms in total. The van der Waals surface area contributed by atoms with Crippen molar-refractivity contribution in [2.24, 2.45) is 5.73 Å². The van der Waals surface area contributed by atoms with Crippen molar-refractivity contribution in [2.75, 3.05) is 31.6 Å². The minimum absolute atomic E-state index is 0.409. The lowest BCUT2D eigenvalue weighted by molar-refractivity contribution is 0.162. The van der Waals surface area contributed by atoms with Gasteiger partial charge in [0.2, 0.25) is 0 Å². The van der Waals surface area contributed by atoms with Crippen LogP contribution in [0.5, 0.6) is 0 Å². The van der Waals surface area contributed by atoms with Crippen LogP contribution in [-0.4, -0.2) is 43.7 Å². The van der Waals surface area contributed by atoms with Gasteiger partial charge in [0.15, 0.2) is 0 Å². The summed E-state index contributed by atoms with van der Waals surface area (Å²) >= 11 is 6.11. The van der Waals surface area contributed by atoms with Gasteiger partial charge in [0.25, 0.3) is 0 Å². The van der Waals surface area contributed by atoms with Crippen LogP contribution in [0.25, 0.3) is 0 Å². The van der Waals surface area contributed by atoms with Crippen molar-refractivity contribution in [1.82, 2.24) is 4.90 Å².